The van der Waals surface area contributed by atoms with E-state index in [2.05, 4.69) is 19.2 Å². The Balaban J connectivity index is 1.49. The maximum Gasteiger partial charge on any atom is 0.418 e. The number of amides is 2. The molecule has 190 valence electrons. The predicted molar refractivity (Wildman–Crippen MR) is 124 cm³/mol. The first-order valence-corrected chi connectivity index (χ1v) is 12.5. The fourth-order valence-corrected chi connectivity index (χ4v) is 8.09. The molecular formula is C27H32F4N2O2. The molecule has 1 N–H and O–H groups in total. The first-order chi connectivity index (χ1) is 16.3. The van der Waals surface area contributed by atoms with Crippen LogP contribution >= 0.6 is 0 Å². The van der Waals surface area contributed by atoms with Gasteiger partial charge in [-0.1, -0.05) is 26.3 Å². The Morgan fingerprint density at radius 2 is 1.83 bits per heavy atom. The molecular weight excluding hydrogens is 460 g/mol. The zero-order chi connectivity index (χ0) is 25.3. The molecule has 1 unspecified atom stereocenters. The van der Waals surface area contributed by atoms with E-state index in [1.165, 1.54) is 19.3 Å². The number of alkyl halides is 3. The van der Waals surface area contributed by atoms with Crippen LogP contribution < -0.4 is 5.32 Å². The number of likely N-dealkylation sites (N-methyl/N-ethyl adjacent to an activating group) is 1. The van der Waals surface area contributed by atoms with E-state index in [9.17, 15) is 27.2 Å². The molecule has 0 aromatic heterocycles. The smallest absolute Gasteiger partial charge is 0.338 e. The van der Waals surface area contributed by atoms with E-state index >= 15 is 0 Å². The summed E-state index contributed by atoms with van der Waals surface area (Å²) in [6.45, 7) is 4.52. The van der Waals surface area contributed by atoms with E-state index in [1.807, 2.05) is 0 Å². The molecule has 1 heterocycles. The Morgan fingerprint density at radius 1 is 1.09 bits per heavy atom. The van der Waals surface area contributed by atoms with E-state index in [0.717, 1.165) is 37.8 Å². The second kappa shape index (κ2) is 8.07. The molecule has 2 amide bonds. The molecule has 3 saturated carbocycles. The number of halogens is 4. The Bertz CT molecular complexity index is 1100. The van der Waals surface area contributed by atoms with Crippen LogP contribution in [0.3, 0.4) is 0 Å². The van der Waals surface area contributed by atoms with Crippen LogP contribution in [0.1, 0.15) is 64.4 Å². The van der Waals surface area contributed by atoms with E-state index in [4.69, 9.17) is 0 Å². The van der Waals surface area contributed by atoms with Crippen molar-refractivity contribution in [2.75, 3.05) is 12.4 Å². The van der Waals surface area contributed by atoms with Gasteiger partial charge in [0.2, 0.25) is 0 Å². The zero-order valence-electron chi connectivity index (χ0n) is 20.3. The molecule has 4 aliphatic rings. The second-order valence-corrected chi connectivity index (χ2v) is 11.5. The molecule has 35 heavy (non-hydrogen) atoms. The van der Waals surface area contributed by atoms with Gasteiger partial charge in [0.1, 0.15) is 11.4 Å². The highest BCUT2D eigenvalue weighted by atomic mass is 19.4. The molecule has 3 aliphatic carbocycles. The molecule has 6 atom stereocenters. The summed E-state index contributed by atoms with van der Waals surface area (Å²) in [6.07, 6.45) is 4.67. The van der Waals surface area contributed by atoms with Crippen molar-refractivity contribution in [3.63, 3.8) is 0 Å². The van der Waals surface area contributed by atoms with Crippen LogP contribution in [0.4, 0.5) is 23.2 Å². The molecule has 1 aromatic rings. The number of nitrogens with one attached hydrogen (secondary N) is 1. The van der Waals surface area contributed by atoms with Gasteiger partial charge < -0.3 is 10.2 Å². The van der Waals surface area contributed by atoms with Gasteiger partial charge in [-0.05, 0) is 79.9 Å². The van der Waals surface area contributed by atoms with Crippen LogP contribution in [0.2, 0.25) is 0 Å². The quantitative estimate of drug-likeness (QED) is 0.396. The summed E-state index contributed by atoms with van der Waals surface area (Å²) in [5, 5.41) is 2.25. The molecule has 5 rings (SSSR count). The third-order valence-electron chi connectivity index (χ3n) is 9.76. The molecule has 1 aliphatic heterocycles. The number of anilines is 1. The van der Waals surface area contributed by atoms with Gasteiger partial charge in [-0.2, -0.15) is 13.2 Å². The largest absolute Gasteiger partial charge is 0.418 e. The monoisotopic (exact) mass is 492 g/mol. The SMILES string of the molecule is CN1C(=O)C(C(=O)Nc2ccc(F)cc2C(F)(F)F)=C[C@@]2(C)C1CC[C@@H]1[C@H]2CC[C@]2(C)CCC[C@@H]12. The van der Waals surface area contributed by atoms with Crippen LogP contribution in [0.15, 0.2) is 29.8 Å². The normalized spacial score (nSPS) is 36.7. The highest BCUT2D eigenvalue weighted by Crippen LogP contribution is 2.64. The van der Waals surface area contributed by atoms with Gasteiger partial charge in [0.05, 0.1) is 11.3 Å². The van der Waals surface area contributed by atoms with Gasteiger partial charge in [-0.15, -0.1) is 0 Å². The molecule has 0 saturated heterocycles. The van der Waals surface area contributed by atoms with Crippen LogP contribution in [0, 0.1) is 34.4 Å². The molecule has 0 radical (unpaired) electrons. The molecule has 4 nitrogen and oxygen atoms in total. The van der Waals surface area contributed by atoms with E-state index in [1.54, 1.807) is 18.0 Å². The number of carbonyl (C=O) groups excluding carboxylic acids is 2. The Kier molecular flexibility index (Phi) is 5.61. The van der Waals surface area contributed by atoms with Gasteiger partial charge in [0.15, 0.2) is 0 Å². The third kappa shape index (κ3) is 3.78. The van der Waals surface area contributed by atoms with Gasteiger partial charge in [-0.3, -0.25) is 9.59 Å². The topological polar surface area (TPSA) is 49.4 Å². The summed E-state index contributed by atoms with van der Waals surface area (Å²) in [6, 6.07) is 2.05. The minimum Gasteiger partial charge on any atom is -0.338 e. The highest BCUT2D eigenvalue weighted by molar-refractivity contribution is 6.23. The van der Waals surface area contributed by atoms with Crippen molar-refractivity contribution in [3.05, 3.63) is 41.2 Å². The summed E-state index contributed by atoms with van der Waals surface area (Å²) in [5.74, 6) is -0.951. The fraction of sp³-hybridized carbons (Fsp3) is 0.630. The average Bonchev–Trinajstić information content (AvgIpc) is 3.18. The van der Waals surface area contributed by atoms with Crippen molar-refractivity contribution in [3.8, 4) is 0 Å². The second-order valence-electron chi connectivity index (χ2n) is 11.5. The van der Waals surface area contributed by atoms with Crippen LogP contribution in [-0.4, -0.2) is 29.8 Å². The average molecular weight is 493 g/mol. The lowest BCUT2D eigenvalue weighted by molar-refractivity contribution is -0.141. The number of fused-ring (bicyclic) bond motifs is 5. The number of benzene rings is 1. The van der Waals surface area contributed by atoms with Crippen molar-refractivity contribution in [1.82, 2.24) is 4.90 Å². The zero-order valence-corrected chi connectivity index (χ0v) is 20.3. The van der Waals surface area contributed by atoms with Crippen molar-refractivity contribution in [2.45, 2.75) is 71.0 Å². The van der Waals surface area contributed by atoms with E-state index < -0.39 is 40.5 Å². The summed E-state index contributed by atoms with van der Waals surface area (Å²) < 4.78 is 53.9. The van der Waals surface area contributed by atoms with Gasteiger partial charge in [0.25, 0.3) is 11.8 Å². The number of hydrogen-bond donors (Lipinski definition) is 1. The van der Waals surface area contributed by atoms with Crippen LogP contribution in [0.25, 0.3) is 0 Å². The van der Waals surface area contributed by atoms with E-state index in [0.29, 0.717) is 29.2 Å². The third-order valence-corrected chi connectivity index (χ3v) is 9.76. The van der Waals surface area contributed by atoms with E-state index in [-0.39, 0.29) is 11.6 Å². The van der Waals surface area contributed by atoms with Crippen molar-refractivity contribution >= 4 is 17.5 Å². The summed E-state index contributed by atoms with van der Waals surface area (Å²) in [5.41, 5.74) is -2.05. The molecule has 0 bridgehead atoms. The Labute approximate surface area is 203 Å². The summed E-state index contributed by atoms with van der Waals surface area (Å²) in [7, 11) is 1.69. The van der Waals surface area contributed by atoms with Crippen LogP contribution in [-0.2, 0) is 15.8 Å². The number of hydrogen-bond acceptors (Lipinski definition) is 2. The van der Waals surface area contributed by atoms with Crippen LogP contribution in [0.5, 0.6) is 0 Å². The first kappa shape index (κ1) is 24.3. The molecule has 0 spiro atoms. The standard InChI is InChI=1S/C27H32F4N2O2/c1-25-11-4-5-18(25)16-7-9-22-26(2,19(16)10-12-25)14-17(24(35)33(22)3)23(34)32-21-8-6-15(28)13-20(21)27(29,30)31/h6,8,13-14,16,18-19,22H,4-5,7,9-12H2,1-3H3,(H,32,34)/t16-,18-,19+,22?,25-,26+/m0/s1. The molecule has 8 heteroatoms. The van der Waals surface area contributed by atoms with Gasteiger partial charge in [0, 0.05) is 18.5 Å². The fourth-order valence-electron chi connectivity index (χ4n) is 8.09. The number of rotatable bonds is 2. The van der Waals surface area contributed by atoms with Crippen molar-refractivity contribution < 1.29 is 27.2 Å². The minimum atomic E-state index is -4.85. The maximum atomic E-state index is 13.5. The molecule has 1 aromatic carbocycles. The van der Waals surface area contributed by atoms with Crippen molar-refractivity contribution in [2.24, 2.45) is 28.6 Å². The summed E-state index contributed by atoms with van der Waals surface area (Å²) in [4.78, 5) is 28.0. The predicted octanol–water partition coefficient (Wildman–Crippen LogP) is 6.18. The lowest BCUT2D eigenvalue weighted by Gasteiger charge is -2.60. The lowest BCUT2D eigenvalue weighted by Crippen LogP contribution is -2.60. The Hall–Kier alpha value is -2.38. The molecule has 3 fully saturated rings. The Morgan fingerprint density at radius 3 is 2.54 bits per heavy atom. The summed E-state index contributed by atoms with van der Waals surface area (Å²) >= 11 is 0. The van der Waals surface area contributed by atoms with Gasteiger partial charge in [-0.25, -0.2) is 4.39 Å². The maximum absolute atomic E-state index is 13.5. The minimum absolute atomic E-state index is 0.0462. The van der Waals surface area contributed by atoms with Gasteiger partial charge >= 0.3 is 6.18 Å². The first-order valence-electron chi connectivity index (χ1n) is 12.5. The van der Waals surface area contributed by atoms with Crippen molar-refractivity contribution in [1.29, 1.82) is 0 Å². The number of carbonyl (C=O) groups is 2. The lowest BCUT2D eigenvalue weighted by atomic mass is 9.48. The highest BCUT2D eigenvalue weighted by Gasteiger charge is 2.59. The number of nitrogens with zero attached hydrogens (tertiary/aromatic N) is 1.